The van der Waals surface area contributed by atoms with Crippen molar-refractivity contribution >= 4 is 11.9 Å². The SMILES string of the molecule is Cc1ccnn1-c1ccc(C(=O)OCC(=O)NCC(F)(F)F)cc1. The van der Waals surface area contributed by atoms with Gasteiger partial charge in [0.2, 0.25) is 0 Å². The molecule has 1 aromatic carbocycles. The quantitative estimate of drug-likeness (QED) is 0.845. The summed E-state index contributed by atoms with van der Waals surface area (Å²) in [7, 11) is 0. The highest BCUT2D eigenvalue weighted by molar-refractivity contribution is 5.91. The number of rotatable bonds is 5. The summed E-state index contributed by atoms with van der Waals surface area (Å²) in [6.07, 6.45) is -2.88. The minimum absolute atomic E-state index is 0.173. The number of nitrogens with zero attached hydrogens (tertiary/aromatic N) is 2. The van der Waals surface area contributed by atoms with Gasteiger partial charge in [-0.3, -0.25) is 4.79 Å². The predicted molar refractivity (Wildman–Crippen MR) is 77.6 cm³/mol. The molecule has 128 valence electrons. The van der Waals surface area contributed by atoms with Crippen LogP contribution in [-0.2, 0) is 9.53 Å². The van der Waals surface area contributed by atoms with Crippen LogP contribution < -0.4 is 5.32 Å². The second kappa shape index (κ2) is 7.16. The lowest BCUT2D eigenvalue weighted by Crippen LogP contribution is -2.36. The Morgan fingerprint density at radius 2 is 1.88 bits per heavy atom. The van der Waals surface area contributed by atoms with E-state index in [1.807, 2.05) is 13.0 Å². The topological polar surface area (TPSA) is 73.2 Å². The molecule has 0 aliphatic rings. The van der Waals surface area contributed by atoms with Crippen molar-refractivity contribution in [2.75, 3.05) is 13.2 Å². The molecule has 0 unspecified atom stereocenters. The highest BCUT2D eigenvalue weighted by Crippen LogP contribution is 2.13. The first-order chi connectivity index (χ1) is 11.3. The minimum Gasteiger partial charge on any atom is -0.452 e. The van der Waals surface area contributed by atoms with Crippen LogP contribution in [0.1, 0.15) is 16.1 Å². The number of aryl methyl sites for hydroxylation is 1. The Labute approximate surface area is 135 Å². The molecular weight excluding hydrogens is 327 g/mol. The first kappa shape index (κ1) is 17.5. The lowest BCUT2D eigenvalue weighted by molar-refractivity contribution is -0.140. The van der Waals surface area contributed by atoms with Crippen LogP contribution in [0.2, 0.25) is 0 Å². The van der Waals surface area contributed by atoms with E-state index in [1.165, 1.54) is 12.1 Å². The number of benzene rings is 1. The van der Waals surface area contributed by atoms with E-state index >= 15 is 0 Å². The second-order valence-electron chi connectivity index (χ2n) is 4.90. The van der Waals surface area contributed by atoms with Gasteiger partial charge in [0.15, 0.2) is 6.61 Å². The Morgan fingerprint density at radius 3 is 2.42 bits per heavy atom. The molecule has 0 saturated carbocycles. The van der Waals surface area contributed by atoms with E-state index in [0.29, 0.717) is 0 Å². The lowest BCUT2D eigenvalue weighted by atomic mass is 10.2. The van der Waals surface area contributed by atoms with Gasteiger partial charge in [-0.2, -0.15) is 18.3 Å². The predicted octanol–water partition coefficient (Wildman–Crippen LogP) is 2.02. The van der Waals surface area contributed by atoms with Gasteiger partial charge >= 0.3 is 12.1 Å². The molecule has 0 aliphatic carbocycles. The molecule has 0 fully saturated rings. The number of halogens is 3. The van der Waals surface area contributed by atoms with E-state index in [9.17, 15) is 22.8 Å². The highest BCUT2D eigenvalue weighted by atomic mass is 19.4. The van der Waals surface area contributed by atoms with Crippen molar-refractivity contribution < 1.29 is 27.5 Å². The third kappa shape index (κ3) is 4.83. The first-order valence-electron chi connectivity index (χ1n) is 6.88. The van der Waals surface area contributed by atoms with Crippen molar-refractivity contribution in [3.8, 4) is 5.69 Å². The number of nitrogens with one attached hydrogen (secondary N) is 1. The maximum Gasteiger partial charge on any atom is 0.405 e. The van der Waals surface area contributed by atoms with Crippen molar-refractivity contribution in [1.29, 1.82) is 0 Å². The van der Waals surface area contributed by atoms with Crippen molar-refractivity contribution in [2.24, 2.45) is 0 Å². The van der Waals surface area contributed by atoms with Crippen LogP contribution >= 0.6 is 0 Å². The number of esters is 1. The molecule has 0 atom stereocenters. The number of hydrogen-bond acceptors (Lipinski definition) is 4. The van der Waals surface area contributed by atoms with E-state index in [-0.39, 0.29) is 5.56 Å². The molecule has 24 heavy (non-hydrogen) atoms. The fraction of sp³-hybridized carbons (Fsp3) is 0.267. The van der Waals surface area contributed by atoms with E-state index in [4.69, 9.17) is 0 Å². The van der Waals surface area contributed by atoms with Crippen LogP contribution in [0.25, 0.3) is 5.69 Å². The molecule has 0 aliphatic heterocycles. The average Bonchev–Trinajstić information content (AvgIpc) is 2.96. The third-order valence-corrected chi connectivity index (χ3v) is 3.00. The fourth-order valence-electron chi connectivity index (χ4n) is 1.84. The Bertz CT molecular complexity index is 724. The van der Waals surface area contributed by atoms with Gasteiger partial charge in [0.1, 0.15) is 6.54 Å². The Balaban J connectivity index is 1.89. The van der Waals surface area contributed by atoms with Gasteiger partial charge in [-0.25, -0.2) is 9.48 Å². The molecule has 1 aromatic heterocycles. The van der Waals surface area contributed by atoms with Crippen molar-refractivity contribution in [2.45, 2.75) is 13.1 Å². The molecule has 0 saturated heterocycles. The molecule has 2 rings (SSSR count). The summed E-state index contributed by atoms with van der Waals surface area (Å²) in [5, 5.41) is 5.73. The van der Waals surface area contributed by atoms with Crippen LogP contribution in [0.3, 0.4) is 0 Å². The summed E-state index contributed by atoms with van der Waals surface area (Å²) < 4.78 is 42.1. The second-order valence-corrected chi connectivity index (χ2v) is 4.90. The molecule has 2 aromatic rings. The van der Waals surface area contributed by atoms with E-state index in [1.54, 1.807) is 28.3 Å². The molecule has 9 heteroatoms. The number of ether oxygens (including phenoxy) is 1. The molecule has 1 amide bonds. The summed E-state index contributed by atoms with van der Waals surface area (Å²) in [6.45, 7) is -0.384. The minimum atomic E-state index is -4.51. The van der Waals surface area contributed by atoms with Crippen molar-refractivity contribution in [3.63, 3.8) is 0 Å². The monoisotopic (exact) mass is 341 g/mol. The zero-order valence-electron chi connectivity index (χ0n) is 12.6. The Hall–Kier alpha value is -2.84. The van der Waals surface area contributed by atoms with Crippen molar-refractivity contribution in [3.05, 3.63) is 47.8 Å². The van der Waals surface area contributed by atoms with Gasteiger partial charge < -0.3 is 10.1 Å². The number of alkyl halides is 3. The molecule has 1 heterocycles. The summed E-state index contributed by atoms with van der Waals surface area (Å²) >= 11 is 0. The average molecular weight is 341 g/mol. The van der Waals surface area contributed by atoms with Gasteiger partial charge in [-0.05, 0) is 37.3 Å². The zero-order chi connectivity index (χ0) is 17.7. The van der Waals surface area contributed by atoms with Crippen LogP contribution in [0.5, 0.6) is 0 Å². The standard InChI is InChI=1S/C15H14F3N3O3/c1-10-6-7-20-21(10)12-4-2-11(3-5-12)14(23)24-8-13(22)19-9-15(16,17)18/h2-7H,8-9H2,1H3,(H,19,22). The van der Waals surface area contributed by atoms with Gasteiger partial charge in [0.05, 0.1) is 11.3 Å². The van der Waals surface area contributed by atoms with Gasteiger partial charge in [0.25, 0.3) is 5.91 Å². The Kier molecular flexibility index (Phi) is 5.22. The highest BCUT2D eigenvalue weighted by Gasteiger charge is 2.27. The largest absolute Gasteiger partial charge is 0.452 e. The van der Waals surface area contributed by atoms with Crippen molar-refractivity contribution in [1.82, 2.24) is 15.1 Å². The maximum absolute atomic E-state index is 11.9. The third-order valence-electron chi connectivity index (χ3n) is 3.00. The van der Waals surface area contributed by atoms with Crippen LogP contribution in [0.4, 0.5) is 13.2 Å². The van der Waals surface area contributed by atoms with Gasteiger partial charge in [-0.15, -0.1) is 0 Å². The molecule has 0 bridgehead atoms. The summed E-state index contributed by atoms with van der Waals surface area (Å²) in [5.41, 5.74) is 1.82. The number of hydrogen-bond donors (Lipinski definition) is 1. The number of amides is 1. The molecule has 1 N–H and O–H groups in total. The summed E-state index contributed by atoms with van der Waals surface area (Å²) in [5.74, 6) is -1.83. The van der Waals surface area contributed by atoms with Gasteiger partial charge in [-0.1, -0.05) is 0 Å². The van der Waals surface area contributed by atoms with Gasteiger partial charge in [0, 0.05) is 11.9 Å². The van der Waals surface area contributed by atoms with E-state index in [2.05, 4.69) is 9.84 Å². The van der Waals surface area contributed by atoms with E-state index in [0.717, 1.165) is 11.4 Å². The number of carbonyl (C=O) groups excluding carboxylic acids is 2. The fourth-order valence-corrected chi connectivity index (χ4v) is 1.84. The Morgan fingerprint density at radius 1 is 1.21 bits per heavy atom. The van der Waals surface area contributed by atoms with Crippen LogP contribution in [0, 0.1) is 6.92 Å². The number of carbonyl (C=O) groups is 2. The van der Waals surface area contributed by atoms with Crippen LogP contribution in [-0.4, -0.2) is 41.0 Å². The molecular formula is C15H14F3N3O3. The maximum atomic E-state index is 11.9. The van der Waals surface area contributed by atoms with E-state index < -0.39 is 31.2 Å². The van der Waals surface area contributed by atoms with Crippen LogP contribution in [0.15, 0.2) is 36.5 Å². The summed E-state index contributed by atoms with van der Waals surface area (Å²) in [6, 6.07) is 8.06. The molecule has 0 spiro atoms. The molecule has 6 nitrogen and oxygen atoms in total. The lowest BCUT2D eigenvalue weighted by Gasteiger charge is -2.09. The number of aromatic nitrogens is 2. The first-order valence-corrected chi connectivity index (χ1v) is 6.88. The zero-order valence-corrected chi connectivity index (χ0v) is 12.6. The normalized spacial score (nSPS) is 11.2. The summed E-state index contributed by atoms with van der Waals surface area (Å²) in [4.78, 5) is 22.9. The molecule has 0 radical (unpaired) electrons. The smallest absolute Gasteiger partial charge is 0.405 e.